The molecule has 4 atom stereocenters. The lowest BCUT2D eigenvalue weighted by Crippen LogP contribution is -2.58. The molecule has 0 saturated carbocycles. The molecule has 0 radical (unpaired) electrons. The van der Waals surface area contributed by atoms with E-state index in [4.69, 9.17) is 0 Å². The molecule has 6 nitrogen and oxygen atoms in total. The molecule has 0 spiro atoms. The van der Waals surface area contributed by atoms with Gasteiger partial charge in [-0.2, -0.15) is 0 Å². The van der Waals surface area contributed by atoms with Gasteiger partial charge in [0.1, 0.15) is 0 Å². The molecule has 0 aromatic heterocycles. The predicted octanol–water partition coefficient (Wildman–Crippen LogP) is 3.11. The molecular weight excluding hydrogens is 352 g/mol. The maximum Gasteiger partial charge on any atom is 0.317 e. The Bertz CT molecular complexity index is 761. The molecule has 1 saturated heterocycles. The minimum absolute atomic E-state index is 0.0198. The summed E-state index contributed by atoms with van der Waals surface area (Å²) in [5, 5.41) is 6.36. The third-order valence-corrected chi connectivity index (χ3v) is 6.76. The minimum Gasteiger partial charge on any atom is -0.334 e. The van der Waals surface area contributed by atoms with Gasteiger partial charge in [0.2, 0.25) is 5.91 Å². The molecular formula is C22H32N4O2. The molecule has 1 aliphatic carbocycles. The molecule has 2 aliphatic heterocycles. The van der Waals surface area contributed by atoms with Gasteiger partial charge in [0.25, 0.3) is 0 Å². The number of benzene rings is 1. The number of fused-ring (bicyclic) bond motifs is 2. The largest absolute Gasteiger partial charge is 0.334 e. The first-order valence-corrected chi connectivity index (χ1v) is 10.8. The Morgan fingerprint density at radius 2 is 2.04 bits per heavy atom. The van der Waals surface area contributed by atoms with Crippen LogP contribution in [-0.4, -0.2) is 60.0 Å². The van der Waals surface area contributed by atoms with Crippen molar-refractivity contribution >= 4 is 17.6 Å². The molecule has 0 unspecified atom stereocenters. The monoisotopic (exact) mass is 384 g/mol. The number of amides is 3. The summed E-state index contributed by atoms with van der Waals surface area (Å²) in [5.74, 6) is 0.490. The second-order valence-electron chi connectivity index (χ2n) is 8.31. The molecule has 3 amide bonds. The van der Waals surface area contributed by atoms with Gasteiger partial charge in [-0.05, 0) is 56.8 Å². The number of urea groups is 1. The number of piperidine rings is 1. The lowest BCUT2D eigenvalue weighted by molar-refractivity contribution is -0.117. The number of likely N-dealkylation sites (tertiary alicyclic amines) is 1. The van der Waals surface area contributed by atoms with E-state index >= 15 is 0 Å². The maximum absolute atomic E-state index is 12.6. The SMILES string of the molecule is CCCN1C[C@@H](NC(=O)N(CC)CC)C[C@@H]2c3cccc4c3[C@H](C[C@H]21)C(=O)N4. The van der Waals surface area contributed by atoms with Gasteiger partial charge in [-0.25, -0.2) is 4.79 Å². The Balaban J connectivity index is 1.62. The number of hydrogen-bond acceptors (Lipinski definition) is 3. The number of hydrogen-bond donors (Lipinski definition) is 2. The third kappa shape index (κ3) is 3.17. The molecule has 1 aromatic rings. The summed E-state index contributed by atoms with van der Waals surface area (Å²) in [5.41, 5.74) is 3.50. The topological polar surface area (TPSA) is 64.7 Å². The van der Waals surface area contributed by atoms with Gasteiger partial charge >= 0.3 is 6.03 Å². The van der Waals surface area contributed by atoms with E-state index in [1.54, 1.807) is 0 Å². The van der Waals surface area contributed by atoms with E-state index < -0.39 is 0 Å². The van der Waals surface area contributed by atoms with Crippen LogP contribution < -0.4 is 10.6 Å². The van der Waals surface area contributed by atoms with Crippen LogP contribution in [0, 0.1) is 0 Å². The fourth-order valence-corrected chi connectivity index (χ4v) is 5.51. The summed E-state index contributed by atoms with van der Waals surface area (Å²) in [6.45, 7) is 9.55. The highest BCUT2D eigenvalue weighted by Gasteiger charge is 2.47. The fraction of sp³-hybridized carbons (Fsp3) is 0.636. The predicted molar refractivity (Wildman–Crippen MR) is 111 cm³/mol. The summed E-state index contributed by atoms with van der Waals surface area (Å²) in [6.07, 6.45) is 2.90. The maximum atomic E-state index is 12.6. The van der Waals surface area contributed by atoms with E-state index in [9.17, 15) is 9.59 Å². The van der Waals surface area contributed by atoms with Crippen LogP contribution in [0.1, 0.15) is 63.0 Å². The third-order valence-electron chi connectivity index (χ3n) is 6.76. The number of anilines is 1. The van der Waals surface area contributed by atoms with Gasteiger partial charge in [0.15, 0.2) is 0 Å². The van der Waals surface area contributed by atoms with Crippen LogP contribution in [0.2, 0.25) is 0 Å². The fourth-order valence-electron chi connectivity index (χ4n) is 5.51. The van der Waals surface area contributed by atoms with Crippen molar-refractivity contribution in [2.24, 2.45) is 0 Å². The minimum atomic E-state index is -0.0198. The van der Waals surface area contributed by atoms with E-state index in [1.807, 2.05) is 24.8 Å². The van der Waals surface area contributed by atoms with Crippen molar-refractivity contribution in [1.29, 1.82) is 0 Å². The van der Waals surface area contributed by atoms with E-state index in [0.717, 1.165) is 51.1 Å². The summed E-state index contributed by atoms with van der Waals surface area (Å²) >= 11 is 0. The normalized spacial score (nSPS) is 28.3. The van der Waals surface area contributed by atoms with Crippen molar-refractivity contribution < 1.29 is 9.59 Å². The average molecular weight is 385 g/mol. The van der Waals surface area contributed by atoms with Crippen LogP contribution >= 0.6 is 0 Å². The first-order chi connectivity index (χ1) is 13.6. The highest BCUT2D eigenvalue weighted by molar-refractivity contribution is 6.03. The lowest BCUT2D eigenvalue weighted by Gasteiger charge is -2.49. The van der Waals surface area contributed by atoms with Crippen molar-refractivity contribution in [3.8, 4) is 0 Å². The smallest absolute Gasteiger partial charge is 0.317 e. The molecule has 4 rings (SSSR count). The summed E-state index contributed by atoms with van der Waals surface area (Å²) in [4.78, 5) is 29.6. The number of rotatable bonds is 5. The molecule has 152 valence electrons. The number of carbonyl (C=O) groups excluding carboxylic acids is 2. The van der Waals surface area contributed by atoms with Crippen molar-refractivity contribution in [2.75, 3.05) is 31.5 Å². The number of nitrogens with zero attached hydrogens (tertiary/aromatic N) is 2. The Hall–Kier alpha value is -2.08. The van der Waals surface area contributed by atoms with Crippen LogP contribution in [0.3, 0.4) is 0 Å². The van der Waals surface area contributed by atoms with Crippen LogP contribution in [0.15, 0.2) is 18.2 Å². The summed E-state index contributed by atoms with van der Waals surface area (Å²) < 4.78 is 0. The number of nitrogens with one attached hydrogen (secondary N) is 2. The zero-order valence-electron chi connectivity index (χ0n) is 17.2. The van der Waals surface area contributed by atoms with Crippen molar-refractivity contribution in [2.45, 2.75) is 64.0 Å². The molecule has 2 N–H and O–H groups in total. The second kappa shape index (κ2) is 7.74. The average Bonchev–Trinajstić information content (AvgIpc) is 3.00. The zero-order chi connectivity index (χ0) is 19.8. The molecule has 1 aromatic carbocycles. The molecule has 28 heavy (non-hydrogen) atoms. The quantitative estimate of drug-likeness (QED) is 0.820. The molecule has 1 fully saturated rings. The molecule has 0 bridgehead atoms. The van der Waals surface area contributed by atoms with Gasteiger partial charge in [-0.15, -0.1) is 0 Å². The summed E-state index contributed by atoms with van der Waals surface area (Å²) in [7, 11) is 0. The zero-order valence-corrected chi connectivity index (χ0v) is 17.2. The van der Waals surface area contributed by atoms with Crippen LogP contribution in [0.5, 0.6) is 0 Å². The lowest BCUT2D eigenvalue weighted by atomic mass is 9.69. The highest BCUT2D eigenvalue weighted by atomic mass is 16.2. The Kier molecular flexibility index (Phi) is 5.32. The second-order valence-corrected chi connectivity index (χ2v) is 8.31. The molecule has 6 heteroatoms. The standard InChI is InChI=1S/C22H32N4O2/c1-4-10-26-13-14(23-22(28)25(5-2)6-3)11-16-15-8-7-9-18-20(15)17(12-19(16)26)21(27)24-18/h7-9,14,16-17,19H,4-6,10-13H2,1-3H3,(H,23,28)(H,24,27)/t14-,16+,17-,19+/m0/s1. The van der Waals surface area contributed by atoms with Crippen molar-refractivity contribution in [3.63, 3.8) is 0 Å². The number of carbonyl (C=O) groups is 2. The van der Waals surface area contributed by atoms with E-state index in [0.29, 0.717) is 12.0 Å². The molecule has 3 aliphatic rings. The Morgan fingerprint density at radius 1 is 1.25 bits per heavy atom. The van der Waals surface area contributed by atoms with Crippen LogP contribution in [0.4, 0.5) is 10.5 Å². The van der Waals surface area contributed by atoms with Gasteiger partial charge in [-0.3, -0.25) is 9.69 Å². The summed E-state index contributed by atoms with van der Waals surface area (Å²) in [6, 6.07) is 6.82. The Morgan fingerprint density at radius 3 is 2.75 bits per heavy atom. The van der Waals surface area contributed by atoms with Gasteiger partial charge in [0, 0.05) is 43.3 Å². The molecule has 2 heterocycles. The first-order valence-electron chi connectivity index (χ1n) is 10.8. The van der Waals surface area contributed by atoms with Crippen molar-refractivity contribution in [3.05, 3.63) is 29.3 Å². The van der Waals surface area contributed by atoms with E-state index in [2.05, 4.69) is 34.6 Å². The van der Waals surface area contributed by atoms with Gasteiger partial charge < -0.3 is 15.5 Å². The van der Waals surface area contributed by atoms with Crippen LogP contribution in [0.25, 0.3) is 0 Å². The first kappa shape index (κ1) is 19.2. The van der Waals surface area contributed by atoms with Crippen LogP contribution in [-0.2, 0) is 4.79 Å². The highest BCUT2D eigenvalue weighted by Crippen LogP contribution is 2.50. The van der Waals surface area contributed by atoms with Gasteiger partial charge in [-0.1, -0.05) is 19.1 Å². The van der Waals surface area contributed by atoms with E-state index in [1.165, 1.54) is 11.1 Å². The van der Waals surface area contributed by atoms with Gasteiger partial charge in [0.05, 0.1) is 5.92 Å². The Labute approximate surface area is 167 Å². The van der Waals surface area contributed by atoms with Crippen molar-refractivity contribution in [1.82, 2.24) is 15.1 Å². The van der Waals surface area contributed by atoms with E-state index in [-0.39, 0.29) is 23.9 Å².